The maximum Gasteiger partial charge on any atom is 0.0513 e. The Morgan fingerprint density at radius 3 is 2.71 bits per heavy atom. The first-order valence-electron chi connectivity index (χ1n) is 6.44. The molecule has 2 atom stereocenters. The molecule has 2 nitrogen and oxygen atoms in total. The van der Waals surface area contributed by atoms with E-state index in [1.165, 1.54) is 28.4 Å². The van der Waals surface area contributed by atoms with E-state index >= 15 is 0 Å². The van der Waals surface area contributed by atoms with Gasteiger partial charge in [-0.2, -0.15) is 0 Å². The van der Waals surface area contributed by atoms with Gasteiger partial charge in [-0.05, 0) is 43.4 Å². The summed E-state index contributed by atoms with van der Waals surface area (Å²) in [7, 11) is 0. The molecule has 17 heavy (non-hydrogen) atoms. The van der Waals surface area contributed by atoms with Gasteiger partial charge in [-0.1, -0.05) is 28.1 Å². The molecule has 1 aromatic rings. The number of nitrogens with zero attached hydrogens (tertiary/aromatic N) is 1. The standard InChI is InChI=1S/C14H19BrN2/c1-9-2-5-11(12(15)8-9)14-13(16)6-7-17(14)10-3-4-10/h2,5,8,10,13-14H,3-4,6-7,16H2,1H3. The molecule has 1 saturated carbocycles. The van der Waals surface area contributed by atoms with Gasteiger partial charge in [0, 0.05) is 23.1 Å². The summed E-state index contributed by atoms with van der Waals surface area (Å²) in [5.74, 6) is 0. The largest absolute Gasteiger partial charge is 0.326 e. The van der Waals surface area contributed by atoms with Crippen LogP contribution in [0.25, 0.3) is 0 Å². The van der Waals surface area contributed by atoms with Crippen molar-refractivity contribution < 1.29 is 0 Å². The van der Waals surface area contributed by atoms with Crippen LogP contribution >= 0.6 is 15.9 Å². The number of benzene rings is 1. The van der Waals surface area contributed by atoms with E-state index in [4.69, 9.17) is 5.73 Å². The fourth-order valence-corrected chi connectivity index (χ4v) is 3.67. The van der Waals surface area contributed by atoms with E-state index in [0.29, 0.717) is 6.04 Å². The smallest absolute Gasteiger partial charge is 0.0513 e. The Labute approximate surface area is 111 Å². The lowest BCUT2D eigenvalue weighted by molar-refractivity contribution is 0.237. The van der Waals surface area contributed by atoms with Gasteiger partial charge in [0.05, 0.1) is 6.04 Å². The Morgan fingerprint density at radius 1 is 1.29 bits per heavy atom. The molecule has 2 N–H and O–H groups in total. The lowest BCUT2D eigenvalue weighted by Gasteiger charge is -2.28. The Kier molecular flexibility index (Phi) is 3.01. The first-order chi connectivity index (χ1) is 8.16. The molecule has 3 rings (SSSR count). The normalized spacial score (nSPS) is 29.8. The van der Waals surface area contributed by atoms with E-state index in [-0.39, 0.29) is 6.04 Å². The van der Waals surface area contributed by atoms with Crippen LogP contribution in [0.2, 0.25) is 0 Å². The third kappa shape index (κ3) is 2.16. The summed E-state index contributed by atoms with van der Waals surface area (Å²) < 4.78 is 1.21. The topological polar surface area (TPSA) is 29.3 Å². The highest BCUT2D eigenvalue weighted by molar-refractivity contribution is 9.10. The van der Waals surface area contributed by atoms with Crippen molar-refractivity contribution in [2.75, 3.05) is 6.54 Å². The quantitative estimate of drug-likeness (QED) is 0.909. The minimum absolute atomic E-state index is 0.287. The Bertz CT molecular complexity index is 428. The third-order valence-corrected chi connectivity index (χ3v) is 4.66. The van der Waals surface area contributed by atoms with Crippen molar-refractivity contribution in [3.63, 3.8) is 0 Å². The van der Waals surface area contributed by atoms with Gasteiger partial charge < -0.3 is 5.73 Å². The molecule has 1 heterocycles. The van der Waals surface area contributed by atoms with Crippen LogP contribution in [0.1, 0.15) is 36.4 Å². The zero-order valence-corrected chi connectivity index (χ0v) is 11.8. The first kappa shape index (κ1) is 11.7. The molecule has 2 fully saturated rings. The summed E-state index contributed by atoms with van der Waals surface area (Å²) in [6, 6.07) is 8.13. The molecule has 2 unspecified atom stereocenters. The van der Waals surface area contributed by atoms with E-state index in [2.05, 4.69) is 46.0 Å². The molecule has 0 bridgehead atoms. The van der Waals surface area contributed by atoms with Crippen LogP contribution in [0, 0.1) is 6.92 Å². The van der Waals surface area contributed by atoms with E-state index in [9.17, 15) is 0 Å². The van der Waals surface area contributed by atoms with Crippen molar-refractivity contribution in [1.29, 1.82) is 0 Å². The van der Waals surface area contributed by atoms with E-state index in [1.54, 1.807) is 0 Å². The minimum atomic E-state index is 0.287. The summed E-state index contributed by atoms with van der Waals surface area (Å²) in [4.78, 5) is 2.61. The van der Waals surface area contributed by atoms with Crippen LogP contribution in [0.4, 0.5) is 0 Å². The van der Waals surface area contributed by atoms with Gasteiger partial charge in [-0.25, -0.2) is 0 Å². The molecule has 0 spiro atoms. The maximum atomic E-state index is 6.31. The zero-order chi connectivity index (χ0) is 12.0. The summed E-state index contributed by atoms with van der Waals surface area (Å²) in [5, 5.41) is 0. The van der Waals surface area contributed by atoms with E-state index in [0.717, 1.165) is 19.0 Å². The second-order valence-corrected chi connectivity index (χ2v) is 6.25. The highest BCUT2D eigenvalue weighted by Crippen LogP contribution is 2.42. The van der Waals surface area contributed by atoms with Gasteiger partial charge >= 0.3 is 0 Å². The van der Waals surface area contributed by atoms with Gasteiger partial charge in [-0.15, -0.1) is 0 Å². The average Bonchev–Trinajstić information content (AvgIpc) is 3.04. The molecule has 92 valence electrons. The van der Waals surface area contributed by atoms with Crippen LogP contribution in [0.15, 0.2) is 22.7 Å². The van der Waals surface area contributed by atoms with E-state index in [1.807, 2.05) is 0 Å². The van der Waals surface area contributed by atoms with Crippen molar-refractivity contribution in [1.82, 2.24) is 4.90 Å². The fourth-order valence-electron chi connectivity index (χ4n) is 2.94. The molecule has 1 saturated heterocycles. The lowest BCUT2D eigenvalue weighted by Crippen LogP contribution is -2.33. The fraction of sp³-hybridized carbons (Fsp3) is 0.571. The molecular weight excluding hydrogens is 276 g/mol. The van der Waals surface area contributed by atoms with Crippen LogP contribution in [0.3, 0.4) is 0 Å². The summed E-state index contributed by atoms with van der Waals surface area (Å²) in [6.07, 6.45) is 3.83. The van der Waals surface area contributed by atoms with Crippen molar-refractivity contribution >= 4 is 15.9 Å². The van der Waals surface area contributed by atoms with Crippen LogP contribution < -0.4 is 5.73 Å². The molecule has 1 aliphatic carbocycles. The third-order valence-electron chi connectivity index (χ3n) is 3.97. The molecule has 0 amide bonds. The van der Waals surface area contributed by atoms with Gasteiger partial charge in [0.25, 0.3) is 0 Å². The molecular formula is C14H19BrN2. The van der Waals surface area contributed by atoms with Gasteiger partial charge in [-0.3, -0.25) is 4.90 Å². The zero-order valence-electron chi connectivity index (χ0n) is 10.2. The number of hydrogen-bond donors (Lipinski definition) is 1. The molecule has 1 aliphatic heterocycles. The Hall–Kier alpha value is -0.380. The molecule has 3 heteroatoms. The van der Waals surface area contributed by atoms with Crippen molar-refractivity contribution in [3.05, 3.63) is 33.8 Å². The van der Waals surface area contributed by atoms with Crippen molar-refractivity contribution in [2.24, 2.45) is 5.73 Å². The number of hydrogen-bond acceptors (Lipinski definition) is 2. The second-order valence-electron chi connectivity index (χ2n) is 5.39. The van der Waals surface area contributed by atoms with Gasteiger partial charge in [0.1, 0.15) is 0 Å². The highest BCUT2D eigenvalue weighted by Gasteiger charge is 2.41. The molecule has 1 aromatic carbocycles. The SMILES string of the molecule is Cc1ccc(C2C(N)CCN2C2CC2)c(Br)c1. The molecule has 0 radical (unpaired) electrons. The molecule has 2 aliphatic rings. The summed E-state index contributed by atoms with van der Waals surface area (Å²) >= 11 is 3.70. The van der Waals surface area contributed by atoms with Crippen LogP contribution in [0.5, 0.6) is 0 Å². The number of aryl methyl sites for hydroxylation is 1. The Balaban J connectivity index is 1.94. The minimum Gasteiger partial charge on any atom is -0.326 e. The monoisotopic (exact) mass is 294 g/mol. The first-order valence-corrected chi connectivity index (χ1v) is 7.23. The summed E-state index contributed by atoms with van der Waals surface area (Å²) in [6.45, 7) is 3.29. The maximum absolute atomic E-state index is 6.31. The lowest BCUT2D eigenvalue weighted by atomic mass is 9.99. The van der Waals surface area contributed by atoms with Crippen molar-refractivity contribution in [2.45, 2.75) is 44.3 Å². The summed E-state index contributed by atoms with van der Waals surface area (Å²) in [5.41, 5.74) is 8.98. The van der Waals surface area contributed by atoms with Gasteiger partial charge in [0.15, 0.2) is 0 Å². The number of rotatable bonds is 2. The highest BCUT2D eigenvalue weighted by atomic mass is 79.9. The predicted octanol–water partition coefficient (Wildman–Crippen LogP) is 2.99. The predicted molar refractivity (Wildman–Crippen MR) is 73.9 cm³/mol. The Morgan fingerprint density at radius 2 is 2.06 bits per heavy atom. The second kappa shape index (κ2) is 4.38. The van der Waals surface area contributed by atoms with Crippen LogP contribution in [-0.2, 0) is 0 Å². The van der Waals surface area contributed by atoms with Crippen LogP contribution in [-0.4, -0.2) is 23.5 Å². The van der Waals surface area contributed by atoms with Gasteiger partial charge in [0.2, 0.25) is 0 Å². The number of nitrogens with two attached hydrogens (primary N) is 1. The van der Waals surface area contributed by atoms with E-state index < -0.39 is 0 Å². The average molecular weight is 295 g/mol. The number of likely N-dealkylation sites (tertiary alicyclic amines) is 1. The van der Waals surface area contributed by atoms with Crippen molar-refractivity contribution in [3.8, 4) is 0 Å². The number of halogens is 1. The molecule has 0 aromatic heterocycles.